The minimum Gasteiger partial charge on any atom is -0.373 e. The number of benzene rings is 1. The molecule has 7 heteroatoms. The van der Waals surface area contributed by atoms with Crippen LogP contribution in [0.15, 0.2) is 47.6 Å². The molecule has 6 nitrogen and oxygen atoms in total. The molecule has 0 bridgehead atoms. The SMILES string of the molecule is CCS(=O)(=O)c1ccccc1N1CCOC(Cn2cccn2)C1. The first-order valence-corrected chi connectivity index (χ1v) is 9.41. The quantitative estimate of drug-likeness (QED) is 0.830. The first-order valence-electron chi connectivity index (χ1n) is 7.76. The van der Waals surface area contributed by atoms with Crippen molar-refractivity contribution in [2.45, 2.75) is 24.5 Å². The van der Waals surface area contributed by atoms with Crippen LogP contribution in [0.2, 0.25) is 0 Å². The molecule has 1 aliphatic rings. The maximum absolute atomic E-state index is 12.3. The molecular formula is C16H21N3O3S. The Balaban J connectivity index is 1.82. The van der Waals surface area contributed by atoms with E-state index in [0.717, 1.165) is 5.69 Å². The molecule has 3 rings (SSSR count). The van der Waals surface area contributed by atoms with Crippen molar-refractivity contribution >= 4 is 15.5 Å². The van der Waals surface area contributed by atoms with Crippen molar-refractivity contribution in [1.29, 1.82) is 0 Å². The Hall–Kier alpha value is -1.86. The summed E-state index contributed by atoms with van der Waals surface area (Å²) >= 11 is 0. The minimum atomic E-state index is -3.25. The van der Waals surface area contributed by atoms with Gasteiger partial charge in [-0.1, -0.05) is 19.1 Å². The molecule has 23 heavy (non-hydrogen) atoms. The van der Waals surface area contributed by atoms with Crippen LogP contribution in [-0.4, -0.2) is 49.8 Å². The molecule has 1 saturated heterocycles. The van der Waals surface area contributed by atoms with Crippen LogP contribution in [0.25, 0.3) is 0 Å². The molecule has 1 aromatic heterocycles. The zero-order chi connectivity index (χ0) is 16.3. The third-order valence-electron chi connectivity index (χ3n) is 4.01. The van der Waals surface area contributed by atoms with Crippen LogP contribution in [0.1, 0.15) is 6.92 Å². The predicted molar refractivity (Wildman–Crippen MR) is 88.3 cm³/mol. The van der Waals surface area contributed by atoms with Gasteiger partial charge in [-0.2, -0.15) is 5.10 Å². The first-order chi connectivity index (χ1) is 11.1. The fraction of sp³-hybridized carbons (Fsp3) is 0.438. The molecule has 1 unspecified atom stereocenters. The summed E-state index contributed by atoms with van der Waals surface area (Å²) in [6, 6.07) is 9.09. The van der Waals surface area contributed by atoms with Gasteiger partial charge in [0.25, 0.3) is 0 Å². The van der Waals surface area contributed by atoms with Gasteiger partial charge in [-0.05, 0) is 18.2 Å². The number of morpholine rings is 1. The molecule has 0 radical (unpaired) electrons. The Kier molecular flexibility index (Phi) is 4.68. The van der Waals surface area contributed by atoms with Gasteiger partial charge in [0.1, 0.15) is 0 Å². The molecule has 1 aliphatic heterocycles. The van der Waals surface area contributed by atoms with E-state index in [2.05, 4.69) is 10.00 Å². The predicted octanol–water partition coefficient (Wildman–Crippen LogP) is 1.58. The fourth-order valence-electron chi connectivity index (χ4n) is 2.80. The summed E-state index contributed by atoms with van der Waals surface area (Å²) < 4.78 is 32.3. The highest BCUT2D eigenvalue weighted by Gasteiger charge is 2.25. The number of ether oxygens (including phenoxy) is 1. The maximum Gasteiger partial charge on any atom is 0.180 e. The number of hydrogen-bond acceptors (Lipinski definition) is 5. The molecule has 0 amide bonds. The molecule has 1 aromatic carbocycles. The van der Waals surface area contributed by atoms with Gasteiger partial charge in [-0.3, -0.25) is 4.68 Å². The van der Waals surface area contributed by atoms with Crippen molar-refractivity contribution < 1.29 is 13.2 Å². The normalized spacial score (nSPS) is 19.0. The molecule has 2 heterocycles. The third-order valence-corrected chi connectivity index (χ3v) is 5.79. The van der Waals surface area contributed by atoms with Crippen LogP contribution in [0.5, 0.6) is 0 Å². The van der Waals surface area contributed by atoms with E-state index in [-0.39, 0.29) is 11.9 Å². The summed E-state index contributed by atoms with van der Waals surface area (Å²) in [5.41, 5.74) is 0.767. The summed E-state index contributed by atoms with van der Waals surface area (Å²) in [5, 5.41) is 4.20. The van der Waals surface area contributed by atoms with E-state index < -0.39 is 9.84 Å². The zero-order valence-corrected chi connectivity index (χ0v) is 13.9. The highest BCUT2D eigenvalue weighted by Crippen LogP contribution is 2.27. The molecule has 0 aliphatic carbocycles. The van der Waals surface area contributed by atoms with Crippen molar-refractivity contribution in [1.82, 2.24) is 9.78 Å². The molecule has 0 spiro atoms. The first kappa shape index (κ1) is 16.0. The van der Waals surface area contributed by atoms with Gasteiger partial charge in [0.05, 0.1) is 35.6 Å². The highest BCUT2D eigenvalue weighted by atomic mass is 32.2. The van der Waals surface area contributed by atoms with E-state index in [4.69, 9.17) is 4.74 Å². The summed E-state index contributed by atoms with van der Waals surface area (Å²) in [4.78, 5) is 2.50. The van der Waals surface area contributed by atoms with E-state index in [0.29, 0.717) is 31.1 Å². The minimum absolute atomic E-state index is 0.0129. The van der Waals surface area contributed by atoms with Gasteiger partial charge in [-0.15, -0.1) is 0 Å². The van der Waals surface area contributed by atoms with E-state index in [1.54, 1.807) is 25.3 Å². The standard InChI is InChI=1S/C16H21N3O3S/c1-2-23(20,21)16-7-4-3-6-15(16)18-10-11-22-14(12-18)13-19-9-5-8-17-19/h3-9,14H,2,10-13H2,1H3. The molecule has 0 saturated carbocycles. The lowest BCUT2D eigenvalue weighted by atomic mass is 10.2. The number of nitrogens with zero attached hydrogens (tertiary/aromatic N) is 3. The second kappa shape index (κ2) is 6.72. The summed E-state index contributed by atoms with van der Waals surface area (Å²) in [6.07, 6.45) is 3.63. The lowest BCUT2D eigenvalue weighted by Gasteiger charge is -2.35. The van der Waals surface area contributed by atoms with Gasteiger partial charge in [0, 0.05) is 25.5 Å². The van der Waals surface area contributed by atoms with Crippen molar-refractivity contribution in [3.63, 3.8) is 0 Å². The lowest BCUT2D eigenvalue weighted by Crippen LogP contribution is -2.44. The Morgan fingerprint density at radius 3 is 2.87 bits per heavy atom. The number of sulfone groups is 1. The van der Waals surface area contributed by atoms with Gasteiger partial charge in [0.15, 0.2) is 9.84 Å². The molecule has 0 N–H and O–H groups in total. The average molecular weight is 335 g/mol. The zero-order valence-electron chi connectivity index (χ0n) is 13.1. The molecular weight excluding hydrogens is 314 g/mol. The smallest absolute Gasteiger partial charge is 0.180 e. The van der Waals surface area contributed by atoms with Crippen LogP contribution >= 0.6 is 0 Å². The highest BCUT2D eigenvalue weighted by molar-refractivity contribution is 7.91. The van der Waals surface area contributed by atoms with Gasteiger partial charge < -0.3 is 9.64 Å². The number of para-hydroxylation sites is 1. The number of rotatable bonds is 5. The second-order valence-corrected chi connectivity index (χ2v) is 7.78. The van der Waals surface area contributed by atoms with Crippen LogP contribution < -0.4 is 4.90 Å². The van der Waals surface area contributed by atoms with Gasteiger partial charge in [-0.25, -0.2) is 8.42 Å². The van der Waals surface area contributed by atoms with Crippen molar-refractivity contribution in [3.8, 4) is 0 Å². The monoisotopic (exact) mass is 335 g/mol. The second-order valence-electron chi connectivity index (χ2n) is 5.54. The Morgan fingerprint density at radius 2 is 2.13 bits per heavy atom. The molecule has 124 valence electrons. The Morgan fingerprint density at radius 1 is 1.30 bits per heavy atom. The number of aromatic nitrogens is 2. The van der Waals surface area contributed by atoms with E-state index in [9.17, 15) is 8.42 Å². The van der Waals surface area contributed by atoms with Gasteiger partial charge in [0.2, 0.25) is 0 Å². The van der Waals surface area contributed by atoms with Crippen LogP contribution in [0, 0.1) is 0 Å². The maximum atomic E-state index is 12.3. The number of hydrogen-bond donors (Lipinski definition) is 0. The molecule has 1 atom stereocenters. The van der Waals surface area contributed by atoms with Crippen LogP contribution in [0.3, 0.4) is 0 Å². The van der Waals surface area contributed by atoms with E-state index >= 15 is 0 Å². The van der Waals surface area contributed by atoms with Crippen molar-refractivity contribution in [2.75, 3.05) is 30.3 Å². The Labute approximate surface area is 136 Å². The van der Waals surface area contributed by atoms with Gasteiger partial charge >= 0.3 is 0 Å². The topological polar surface area (TPSA) is 64.4 Å². The summed E-state index contributed by atoms with van der Waals surface area (Å²) in [5.74, 6) is 0.102. The Bertz CT molecular complexity index is 744. The van der Waals surface area contributed by atoms with E-state index in [1.807, 2.05) is 29.1 Å². The fourth-order valence-corrected chi connectivity index (χ4v) is 3.92. The van der Waals surface area contributed by atoms with Crippen molar-refractivity contribution in [2.24, 2.45) is 0 Å². The average Bonchev–Trinajstić information content (AvgIpc) is 3.08. The van der Waals surface area contributed by atoms with Crippen molar-refractivity contribution in [3.05, 3.63) is 42.7 Å². The summed E-state index contributed by atoms with van der Waals surface area (Å²) in [7, 11) is -3.25. The third kappa shape index (κ3) is 3.56. The molecule has 2 aromatic rings. The summed E-state index contributed by atoms with van der Waals surface area (Å²) in [6.45, 7) is 4.24. The largest absolute Gasteiger partial charge is 0.373 e. The van der Waals surface area contributed by atoms with Crippen LogP contribution in [0.4, 0.5) is 5.69 Å². The lowest BCUT2D eigenvalue weighted by molar-refractivity contribution is 0.0273. The van der Waals surface area contributed by atoms with Crippen LogP contribution in [-0.2, 0) is 21.1 Å². The molecule has 1 fully saturated rings. The van der Waals surface area contributed by atoms with E-state index in [1.165, 1.54) is 0 Å². The number of anilines is 1.